The second-order valence-electron chi connectivity index (χ2n) is 6.06. The van der Waals surface area contributed by atoms with E-state index in [4.69, 9.17) is 4.74 Å². The van der Waals surface area contributed by atoms with Gasteiger partial charge in [0, 0.05) is 23.5 Å². The summed E-state index contributed by atoms with van der Waals surface area (Å²) in [6.07, 6.45) is 1.00. The minimum Gasteiger partial charge on any atom is -0.497 e. The van der Waals surface area contributed by atoms with E-state index in [1.54, 1.807) is 19.1 Å². The molecule has 148 valence electrons. The molecule has 0 aliphatic carbocycles. The summed E-state index contributed by atoms with van der Waals surface area (Å²) in [6.45, 7) is 1.57. The number of hydrogen-bond acceptors (Lipinski definition) is 6. The maximum atomic E-state index is 12.7. The quantitative estimate of drug-likeness (QED) is 0.500. The number of nitrogens with zero attached hydrogens (tertiary/aromatic N) is 2. The zero-order valence-electron chi connectivity index (χ0n) is 15.5. The van der Waals surface area contributed by atoms with Gasteiger partial charge in [0.2, 0.25) is 0 Å². The zero-order chi connectivity index (χ0) is 21.1. The van der Waals surface area contributed by atoms with Crippen molar-refractivity contribution in [1.29, 1.82) is 0 Å². The van der Waals surface area contributed by atoms with E-state index in [0.29, 0.717) is 11.3 Å². The van der Waals surface area contributed by atoms with Gasteiger partial charge in [-0.05, 0) is 37.3 Å². The highest BCUT2D eigenvalue weighted by molar-refractivity contribution is 6.04. The molecule has 10 heteroatoms. The minimum atomic E-state index is -0.835. The Morgan fingerprint density at radius 2 is 1.86 bits per heavy atom. The molecular weight excluding hydrogens is 380 g/mol. The molecule has 29 heavy (non-hydrogen) atoms. The maximum Gasteiger partial charge on any atom is 0.333 e. The number of ether oxygens (including phenoxy) is 1. The molecule has 1 heterocycles. The number of benzene rings is 2. The molecule has 0 radical (unpaired) electrons. The smallest absolute Gasteiger partial charge is 0.333 e. The number of hydrogen-bond donors (Lipinski definition) is 2. The summed E-state index contributed by atoms with van der Waals surface area (Å²) in [6, 6.07) is 10.3. The van der Waals surface area contributed by atoms with Crippen LogP contribution in [0.25, 0.3) is 5.69 Å². The lowest BCUT2D eigenvalue weighted by Crippen LogP contribution is -2.38. The van der Waals surface area contributed by atoms with Gasteiger partial charge in [-0.2, -0.15) is 0 Å². The Hall–Kier alpha value is -4.21. The monoisotopic (exact) mass is 396 g/mol. The molecule has 0 spiro atoms. The molecule has 0 fully saturated rings. The molecule has 0 saturated heterocycles. The number of rotatable bonds is 5. The highest BCUT2D eigenvalue weighted by atomic mass is 16.6. The number of H-pyrrole nitrogens is 1. The average Bonchev–Trinajstić information content (AvgIpc) is 2.69. The van der Waals surface area contributed by atoms with Crippen molar-refractivity contribution in [3.8, 4) is 11.4 Å². The summed E-state index contributed by atoms with van der Waals surface area (Å²) < 4.78 is 5.85. The number of aromatic amines is 1. The number of nitro groups is 1. The van der Waals surface area contributed by atoms with Crippen molar-refractivity contribution >= 4 is 17.3 Å². The van der Waals surface area contributed by atoms with Crippen molar-refractivity contribution in [3.05, 3.63) is 90.7 Å². The fraction of sp³-hybridized carbons (Fsp3) is 0.105. The highest BCUT2D eigenvalue weighted by Crippen LogP contribution is 2.22. The molecule has 0 atom stereocenters. The second kappa shape index (κ2) is 7.80. The van der Waals surface area contributed by atoms with Gasteiger partial charge in [0.05, 0.1) is 17.7 Å². The van der Waals surface area contributed by atoms with Gasteiger partial charge in [-0.3, -0.25) is 19.7 Å². The molecule has 1 amide bonds. The van der Waals surface area contributed by atoms with Crippen LogP contribution in [0, 0.1) is 17.0 Å². The van der Waals surface area contributed by atoms with Crippen LogP contribution in [-0.2, 0) is 0 Å². The second-order valence-corrected chi connectivity index (χ2v) is 6.06. The van der Waals surface area contributed by atoms with E-state index in [1.807, 2.05) is 0 Å². The first-order valence-corrected chi connectivity index (χ1v) is 8.37. The fourth-order valence-corrected chi connectivity index (χ4v) is 2.68. The normalized spacial score (nSPS) is 10.4. The van der Waals surface area contributed by atoms with Gasteiger partial charge in [-0.1, -0.05) is 6.07 Å². The van der Waals surface area contributed by atoms with Gasteiger partial charge in [0.1, 0.15) is 11.3 Å². The average molecular weight is 396 g/mol. The molecule has 2 aromatic carbocycles. The number of carbonyl (C=O) groups is 1. The van der Waals surface area contributed by atoms with Gasteiger partial charge in [0.15, 0.2) is 0 Å². The summed E-state index contributed by atoms with van der Waals surface area (Å²) in [5, 5.41) is 13.5. The molecule has 0 aliphatic heterocycles. The molecule has 0 aliphatic rings. The van der Waals surface area contributed by atoms with Crippen LogP contribution in [-0.4, -0.2) is 27.5 Å². The Kier molecular flexibility index (Phi) is 5.26. The van der Waals surface area contributed by atoms with Crippen LogP contribution >= 0.6 is 0 Å². The van der Waals surface area contributed by atoms with Crippen LogP contribution in [0.5, 0.6) is 5.75 Å². The number of aromatic nitrogens is 2. The van der Waals surface area contributed by atoms with Gasteiger partial charge >= 0.3 is 5.69 Å². The van der Waals surface area contributed by atoms with Gasteiger partial charge in [-0.25, -0.2) is 9.36 Å². The van der Waals surface area contributed by atoms with Crippen molar-refractivity contribution in [2.24, 2.45) is 0 Å². The SMILES string of the molecule is COc1ccc(-n2c(=O)[nH]cc(C(=O)Nc3ccc(C)c([N+](=O)[O-])c3)c2=O)cc1. The lowest BCUT2D eigenvalue weighted by Gasteiger charge is -2.09. The van der Waals surface area contributed by atoms with Crippen molar-refractivity contribution in [2.45, 2.75) is 6.92 Å². The van der Waals surface area contributed by atoms with Crippen LogP contribution < -0.4 is 21.3 Å². The van der Waals surface area contributed by atoms with Gasteiger partial charge in [-0.15, -0.1) is 0 Å². The molecular formula is C19H16N4O6. The zero-order valence-corrected chi connectivity index (χ0v) is 15.5. The lowest BCUT2D eigenvalue weighted by atomic mass is 10.2. The maximum absolute atomic E-state index is 12.7. The third-order valence-electron chi connectivity index (χ3n) is 4.22. The summed E-state index contributed by atoms with van der Waals surface area (Å²) in [7, 11) is 1.48. The highest BCUT2D eigenvalue weighted by Gasteiger charge is 2.18. The Morgan fingerprint density at radius 3 is 2.48 bits per heavy atom. The first-order valence-electron chi connectivity index (χ1n) is 8.37. The molecule has 2 N–H and O–H groups in total. The molecule has 10 nitrogen and oxygen atoms in total. The Bertz CT molecular complexity index is 1210. The number of nitro benzene ring substituents is 1. The molecule has 3 aromatic rings. The number of aryl methyl sites for hydroxylation is 1. The lowest BCUT2D eigenvalue weighted by molar-refractivity contribution is -0.385. The van der Waals surface area contributed by atoms with Crippen molar-refractivity contribution < 1.29 is 14.5 Å². The number of nitrogens with one attached hydrogen (secondary N) is 2. The Balaban J connectivity index is 1.98. The van der Waals surface area contributed by atoms with Gasteiger partial charge in [0.25, 0.3) is 17.2 Å². The summed E-state index contributed by atoms with van der Waals surface area (Å²) in [5.74, 6) is -0.278. The summed E-state index contributed by atoms with van der Waals surface area (Å²) in [4.78, 5) is 50.3. The van der Waals surface area contributed by atoms with E-state index in [1.165, 1.54) is 37.4 Å². The van der Waals surface area contributed by atoms with Crippen molar-refractivity contribution in [2.75, 3.05) is 12.4 Å². The van der Waals surface area contributed by atoms with E-state index in [-0.39, 0.29) is 22.6 Å². The van der Waals surface area contributed by atoms with E-state index < -0.39 is 22.1 Å². The van der Waals surface area contributed by atoms with E-state index in [9.17, 15) is 24.5 Å². The van der Waals surface area contributed by atoms with Crippen LogP contribution in [0.15, 0.2) is 58.3 Å². The van der Waals surface area contributed by atoms with Crippen LogP contribution in [0.1, 0.15) is 15.9 Å². The Morgan fingerprint density at radius 1 is 1.17 bits per heavy atom. The number of anilines is 1. The summed E-state index contributed by atoms with van der Waals surface area (Å²) >= 11 is 0. The predicted octanol–water partition coefficient (Wildman–Crippen LogP) is 2.00. The Labute approximate surface area is 163 Å². The first kappa shape index (κ1) is 19.5. The molecule has 0 unspecified atom stereocenters. The van der Waals surface area contributed by atoms with Crippen molar-refractivity contribution in [1.82, 2.24) is 9.55 Å². The molecule has 3 rings (SSSR count). The van der Waals surface area contributed by atoms with Crippen LogP contribution in [0.3, 0.4) is 0 Å². The van der Waals surface area contributed by atoms with Crippen LogP contribution in [0.2, 0.25) is 0 Å². The molecule has 0 saturated carbocycles. The fourth-order valence-electron chi connectivity index (χ4n) is 2.68. The number of amides is 1. The third-order valence-corrected chi connectivity index (χ3v) is 4.22. The minimum absolute atomic E-state index is 0.147. The van der Waals surface area contributed by atoms with E-state index in [2.05, 4.69) is 10.3 Å². The number of carbonyl (C=O) groups excluding carboxylic acids is 1. The first-order chi connectivity index (χ1) is 13.8. The third kappa shape index (κ3) is 3.90. The predicted molar refractivity (Wildman–Crippen MR) is 105 cm³/mol. The van der Waals surface area contributed by atoms with Crippen LogP contribution in [0.4, 0.5) is 11.4 Å². The largest absolute Gasteiger partial charge is 0.497 e. The standard InChI is InChI=1S/C19H16N4O6/c1-11-3-4-12(9-16(11)23(27)28)21-17(24)15-10-20-19(26)22(18(15)25)13-5-7-14(29-2)8-6-13/h3-10H,1-2H3,(H,20,26)(H,21,24). The van der Waals surface area contributed by atoms with Gasteiger partial charge < -0.3 is 15.0 Å². The molecule has 0 bridgehead atoms. The van der Waals surface area contributed by atoms with E-state index in [0.717, 1.165) is 10.8 Å². The molecule has 1 aromatic heterocycles. The topological polar surface area (TPSA) is 136 Å². The van der Waals surface area contributed by atoms with Crippen molar-refractivity contribution in [3.63, 3.8) is 0 Å². The number of methoxy groups -OCH3 is 1. The summed E-state index contributed by atoms with van der Waals surface area (Å²) in [5.41, 5.74) is -1.23. The van der Waals surface area contributed by atoms with E-state index >= 15 is 0 Å².